The van der Waals surface area contributed by atoms with Gasteiger partial charge in [0.15, 0.2) is 0 Å². The van der Waals surface area contributed by atoms with Gasteiger partial charge in [-0.25, -0.2) is 0 Å². The highest BCUT2D eigenvalue weighted by atomic mass is 16.5. The van der Waals surface area contributed by atoms with Crippen LogP contribution in [-0.2, 0) is 4.79 Å². The molecule has 1 saturated heterocycles. The lowest BCUT2D eigenvalue weighted by Crippen LogP contribution is -2.33. The van der Waals surface area contributed by atoms with Crippen molar-refractivity contribution in [2.45, 2.75) is 39.7 Å². The van der Waals surface area contributed by atoms with Crippen molar-refractivity contribution in [1.82, 2.24) is 0 Å². The van der Waals surface area contributed by atoms with Crippen LogP contribution >= 0.6 is 0 Å². The van der Waals surface area contributed by atoms with E-state index >= 15 is 0 Å². The van der Waals surface area contributed by atoms with E-state index in [2.05, 4.69) is 34.6 Å². The predicted molar refractivity (Wildman–Crippen MR) is 116 cm³/mol. The van der Waals surface area contributed by atoms with Gasteiger partial charge in [0.25, 0.3) is 0 Å². The van der Waals surface area contributed by atoms with Crippen LogP contribution in [0.4, 0.5) is 17.1 Å². The van der Waals surface area contributed by atoms with Gasteiger partial charge in [0, 0.05) is 24.5 Å². The number of ether oxygens (including phenoxy) is 1. The summed E-state index contributed by atoms with van der Waals surface area (Å²) in [5.41, 5.74) is 2.88. The molecule has 2 aromatic rings. The number of anilines is 3. The minimum atomic E-state index is -0.364. The quantitative estimate of drug-likeness (QED) is 0.726. The van der Waals surface area contributed by atoms with Gasteiger partial charge in [-0.3, -0.25) is 4.79 Å². The molecule has 5 nitrogen and oxygen atoms in total. The Kier molecular flexibility index (Phi) is 6.80. The number of nitrogens with zero attached hydrogens (tertiary/aromatic N) is 1. The molecule has 1 aliphatic heterocycles. The lowest BCUT2D eigenvalue weighted by Gasteiger charge is -2.32. The number of benzene rings is 2. The second kappa shape index (κ2) is 9.49. The fourth-order valence-electron chi connectivity index (χ4n) is 3.44. The molecule has 1 amide bonds. The molecule has 5 heteroatoms. The summed E-state index contributed by atoms with van der Waals surface area (Å²) < 4.78 is 5.57. The van der Waals surface area contributed by atoms with Crippen LogP contribution in [0.1, 0.15) is 33.6 Å². The number of carbonyl (C=O) groups is 1. The fraction of sp³-hybridized carbons (Fsp3) is 0.435. The van der Waals surface area contributed by atoms with E-state index in [1.54, 1.807) is 0 Å². The molecule has 1 heterocycles. The summed E-state index contributed by atoms with van der Waals surface area (Å²) in [6, 6.07) is 15.5. The summed E-state index contributed by atoms with van der Waals surface area (Å²) in [4.78, 5) is 15.0. The third-order valence-electron chi connectivity index (χ3n) is 5.24. The van der Waals surface area contributed by atoms with Crippen LogP contribution in [0.3, 0.4) is 0 Å². The lowest BCUT2D eigenvalue weighted by molar-refractivity contribution is -0.116. The molecule has 150 valence electrons. The molecule has 0 radical (unpaired) electrons. The monoisotopic (exact) mass is 381 g/mol. The molecule has 28 heavy (non-hydrogen) atoms. The Hall–Kier alpha value is -2.69. The highest BCUT2D eigenvalue weighted by molar-refractivity contribution is 5.97. The molecule has 0 bridgehead atoms. The summed E-state index contributed by atoms with van der Waals surface area (Å²) in [5, 5.41) is 6.23. The molecular weight excluding hydrogens is 350 g/mol. The molecule has 3 rings (SSSR count). The molecule has 0 aromatic heterocycles. The average Bonchev–Trinajstić information content (AvgIpc) is 2.71. The molecule has 0 aliphatic carbocycles. The number of hydrogen-bond acceptors (Lipinski definition) is 4. The zero-order chi connectivity index (χ0) is 19.9. The Balaban J connectivity index is 1.57. The van der Waals surface area contributed by atoms with Crippen molar-refractivity contribution in [2.24, 2.45) is 5.92 Å². The first-order chi connectivity index (χ1) is 13.6. The number of hydrogen-bond donors (Lipinski definition) is 2. The van der Waals surface area contributed by atoms with Crippen LogP contribution in [0.15, 0.2) is 48.5 Å². The Morgan fingerprint density at radius 2 is 1.82 bits per heavy atom. The maximum Gasteiger partial charge on any atom is 0.246 e. The average molecular weight is 382 g/mol. The van der Waals surface area contributed by atoms with E-state index in [4.69, 9.17) is 4.74 Å². The third-order valence-corrected chi connectivity index (χ3v) is 5.24. The molecule has 1 atom stereocenters. The summed E-state index contributed by atoms with van der Waals surface area (Å²) in [5.74, 6) is 1.41. The second-order valence-electron chi connectivity index (χ2n) is 7.50. The van der Waals surface area contributed by atoms with Crippen LogP contribution in [0, 0.1) is 5.92 Å². The number of amides is 1. The van der Waals surface area contributed by atoms with Crippen molar-refractivity contribution < 1.29 is 9.53 Å². The zero-order valence-electron chi connectivity index (χ0n) is 17.1. The standard InChI is InChI=1S/C23H31N3O2/c1-4-28-22-8-6-5-7-21(22)25-23(27)18(3)24-19-9-11-20(12-10-19)26-15-13-17(2)14-16-26/h5-12,17-18,24H,4,13-16H2,1-3H3,(H,25,27)/t18-/m1/s1. The predicted octanol–water partition coefficient (Wildman–Crippen LogP) is 4.76. The molecule has 0 spiro atoms. The van der Waals surface area contributed by atoms with Crippen molar-refractivity contribution in [1.29, 1.82) is 0 Å². The number of para-hydroxylation sites is 2. The van der Waals surface area contributed by atoms with E-state index < -0.39 is 0 Å². The van der Waals surface area contributed by atoms with Crippen LogP contribution in [0.5, 0.6) is 5.75 Å². The Morgan fingerprint density at radius 1 is 1.14 bits per heavy atom. The summed E-state index contributed by atoms with van der Waals surface area (Å²) >= 11 is 0. The van der Waals surface area contributed by atoms with Crippen molar-refractivity contribution >= 4 is 23.0 Å². The topological polar surface area (TPSA) is 53.6 Å². The SMILES string of the molecule is CCOc1ccccc1NC(=O)[C@@H](C)Nc1ccc(N2CCC(C)CC2)cc1. The minimum Gasteiger partial charge on any atom is -0.492 e. The Labute approximate surface area is 168 Å². The fourth-order valence-corrected chi connectivity index (χ4v) is 3.44. The van der Waals surface area contributed by atoms with E-state index in [9.17, 15) is 4.79 Å². The highest BCUT2D eigenvalue weighted by Gasteiger charge is 2.17. The normalized spacial score (nSPS) is 15.8. The largest absolute Gasteiger partial charge is 0.492 e. The maximum atomic E-state index is 12.6. The van der Waals surface area contributed by atoms with Gasteiger partial charge in [-0.15, -0.1) is 0 Å². The van der Waals surface area contributed by atoms with Crippen molar-refractivity contribution in [3.8, 4) is 5.75 Å². The minimum absolute atomic E-state index is 0.0961. The second-order valence-corrected chi connectivity index (χ2v) is 7.50. The van der Waals surface area contributed by atoms with E-state index in [-0.39, 0.29) is 11.9 Å². The first-order valence-corrected chi connectivity index (χ1v) is 10.2. The van der Waals surface area contributed by atoms with Gasteiger partial charge in [0.05, 0.1) is 12.3 Å². The van der Waals surface area contributed by atoms with Gasteiger partial charge in [0.2, 0.25) is 5.91 Å². The Morgan fingerprint density at radius 3 is 2.50 bits per heavy atom. The summed E-state index contributed by atoms with van der Waals surface area (Å²) in [7, 11) is 0. The van der Waals surface area contributed by atoms with Gasteiger partial charge < -0.3 is 20.3 Å². The maximum absolute atomic E-state index is 12.6. The number of rotatable bonds is 7. The number of carbonyl (C=O) groups excluding carboxylic acids is 1. The van der Waals surface area contributed by atoms with E-state index in [1.165, 1.54) is 18.5 Å². The van der Waals surface area contributed by atoms with Crippen LogP contribution in [0.25, 0.3) is 0 Å². The van der Waals surface area contributed by atoms with E-state index in [0.717, 1.165) is 24.7 Å². The molecule has 0 unspecified atom stereocenters. The van der Waals surface area contributed by atoms with Crippen molar-refractivity contribution in [2.75, 3.05) is 35.2 Å². The molecule has 2 N–H and O–H groups in total. The van der Waals surface area contributed by atoms with Crippen LogP contribution < -0.4 is 20.3 Å². The van der Waals surface area contributed by atoms with Crippen molar-refractivity contribution in [3.05, 3.63) is 48.5 Å². The lowest BCUT2D eigenvalue weighted by atomic mass is 9.99. The van der Waals surface area contributed by atoms with E-state index in [1.807, 2.05) is 50.2 Å². The smallest absolute Gasteiger partial charge is 0.246 e. The Bertz CT molecular complexity index is 768. The number of piperidine rings is 1. The van der Waals surface area contributed by atoms with Gasteiger partial charge in [-0.2, -0.15) is 0 Å². The van der Waals surface area contributed by atoms with Gasteiger partial charge in [-0.05, 0) is 69.0 Å². The highest BCUT2D eigenvalue weighted by Crippen LogP contribution is 2.26. The van der Waals surface area contributed by atoms with Gasteiger partial charge >= 0.3 is 0 Å². The van der Waals surface area contributed by atoms with Gasteiger partial charge in [-0.1, -0.05) is 19.1 Å². The third kappa shape index (κ3) is 5.18. The first-order valence-electron chi connectivity index (χ1n) is 10.2. The first kappa shape index (κ1) is 20.1. The number of nitrogens with one attached hydrogen (secondary N) is 2. The molecular formula is C23H31N3O2. The van der Waals surface area contributed by atoms with Crippen LogP contribution in [0.2, 0.25) is 0 Å². The van der Waals surface area contributed by atoms with Gasteiger partial charge in [0.1, 0.15) is 11.8 Å². The molecule has 1 aliphatic rings. The molecule has 1 fully saturated rings. The van der Waals surface area contributed by atoms with E-state index in [0.29, 0.717) is 18.0 Å². The van der Waals surface area contributed by atoms with Crippen LogP contribution in [-0.4, -0.2) is 31.6 Å². The summed E-state index contributed by atoms with van der Waals surface area (Å²) in [6.45, 7) is 8.90. The zero-order valence-corrected chi connectivity index (χ0v) is 17.1. The van der Waals surface area contributed by atoms with Crippen molar-refractivity contribution in [3.63, 3.8) is 0 Å². The summed E-state index contributed by atoms with van der Waals surface area (Å²) in [6.07, 6.45) is 2.50. The molecule has 2 aromatic carbocycles. The molecule has 0 saturated carbocycles.